The molecule has 2 nitrogen and oxygen atoms in total. The maximum Gasteiger partial charge on any atom is 0.0417 e. The van der Waals surface area contributed by atoms with Gasteiger partial charge in [-0.05, 0) is 31.7 Å². The molecule has 0 saturated heterocycles. The number of rotatable bonds is 5. The Morgan fingerprint density at radius 3 is 2.80 bits per heavy atom. The van der Waals surface area contributed by atoms with Crippen LogP contribution >= 0.6 is 27.5 Å². The lowest BCUT2D eigenvalue weighted by atomic mass is 10.2. The minimum atomic E-state index is 0.456. The molecule has 0 heterocycles. The Morgan fingerprint density at radius 1 is 1.47 bits per heavy atom. The molecule has 1 unspecified atom stereocenters. The molecule has 1 atom stereocenters. The van der Waals surface area contributed by atoms with E-state index in [1.54, 1.807) is 0 Å². The summed E-state index contributed by atoms with van der Waals surface area (Å²) >= 11 is 9.37. The lowest BCUT2D eigenvalue weighted by molar-refractivity contribution is 0.522. The maximum absolute atomic E-state index is 5.87. The molecule has 84 valence electrons. The molecule has 0 aliphatic heterocycles. The van der Waals surface area contributed by atoms with Crippen LogP contribution in [0.15, 0.2) is 22.7 Å². The van der Waals surface area contributed by atoms with E-state index in [4.69, 9.17) is 11.6 Å². The van der Waals surface area contributed by atoms with Crippen molar-refractivity contribution in [3.63, 3.8) is 0 Å². The number of hydrogen-bond donors (Lipinski definition) is 2. The fraction of sp³-hybridized carbons (Fsp3) is 0.455. The van der Waals surface area contributed by atoms with Crippen LogP contribution in [0, 0.1) is 0 Å². The van der Waals surface area contributed by atoms with Gasteiger partial charge >= 0.3 is 0 Å². The van der Waals surface area contributed by atoms with E-state index in [2.05, 4.69) is 33.5 Å². The van der Waals surface area contributed by atoms with Gasteiger partial charge in [0.1, 0.15) is 0 Å². The van der Waals surface area contributed by atoms with Gasteiger partial charge in [0.15, 0.2) is 0 Å². The Bertz CT molecular complexity index is 317. The van der Waals surface area contributed by atoms with E-state index in [0.29, 0.717) is 6.04 Å². The molecule has 0 saturated carbocycles. The molecular weight excluding hydrogens is 275 g/mol. The number of benzene rings is 1. The van der Waals surface area contributed by atoms with Crippen molar-refractivity contribution in [1.29, 1.82) is 0 Å². The summed E-state index contributed by atoms with van der Waals surface area (Å²) in [4.78, 5) is 0. The van der Waals surface area contributed by atoms with Crippen molar-refractivity contribution in [2.75, 3.05) is 13.6 Å². The quantitative estimate of drug-likeness (QED) is 0.872. The Hall–Kier alpha value is -0.0900. The summed E-state index contributed by atoms with van der Waals surface area (Å²) in [5.74, 6) is 0. The van der Waals surface area contributed by atoms with E-state index in [9.17, 15) is 0 Å². The van der Waals surface area contributed by atoms with Crippen molar-refractivity contribution in [2.24, 2.45) is 0 Å². The zero-order chi connectivity index (χ0) is 11.3. The number of nitrogens with one attached hydrogen (secondary N) is 2. The van der Waals surface area contributed by atoms with E-state index >= 15 is 0 Å². The van der Waals surface area contributed by atoms with Crippen molar-refractivity contribution in [3.8, 4) is 0 Å². The average Bonchev–Trinajstić information content (AvgIpc) is 2.17. The summed E-state index contributed by atoms with van der Waals surface area (Å²) in [6, 6.07) is 6.32. The lowest BCUT2D eigenvalue weighted by Crippen LogP contribution is -2.34. The SMILES string of the molecule is CNCC(C)NCc1ccc(Cl)cc1Br. The van der Waals surface area contributed by atoms with Crippen LogP contribution < -0.4 is 10.6 Å². The minimum absolute atomic E-state index is 0.456. The molecule has 1 aromatic rings. The summed E-state index contributed by atoms with van der Waals surface area (Å²) in [5, 5.41) is 7.31. The van der Waals surface area contributed by atoms with Gasteiger partial charge in [-0.3, -0.25) is 0 Å². The van der Waals surface area contributed by atoms with Crippen LogP contribution in [0.2, 0.25) is 5.02 Å². The predicted octanol–water partition coefficient (Wildman–Crippen LogP) is 2.80. The molecule has 0 fully saturated rings. The van der Waals surface area contributed by atoms with Gasteiger partial charge in [-0.2, -0.15) is 0 Å². The van der Waals surface area contributed by atoms with Crippen LogP contribution in [0.1, 0.15) is 12.5 Å². The second kappa shape index (κ2) is 6.48. The molecular formula is C11H16BrClN2. The van der Waals surface area contributed by atoms with Crippen LogP contribution in [0.5, 0.6) is 0 Å². The Labute approximate surface area is 105 Å². The third-order valence-electron chi connectivity index (χ3n) is 2.17. The van der Waals surface area contributed by atoms with Crippen LogP contribution in [-0.4, -0.2) is 19.6 Å². The molecule has 1 rings (SSSR count). The first-order valence-corrected chi connectivity index (χ1v) is 6.12. The highest BCUT2D eigenvalue weighted by atomic mass is 79.9. The fourth-order valence-electron chi connectivity index (χ4n) is 1.33. The summed E-state index contributed by atoms with van der Waals surface area (Å²) in [5.41, 5.74) is 1.22. The second-order valence-corrected chi connectivity index (χ2v) is 4.87. The van der Waals surface area contributed by atoms with Gasteiger partial charge in [-0.15, -0.1) is 0 Å². The second-order valence-electron chi connectivity index (χ2n) is 3.58. The number of likely N-dealkylation sites (N-methyl/N-ethyl adjacent to an activating group) is 1. The topological polar surface area (TPSA) is 24.1 Å². The maximum atomic E-state index is 5.87. The van der Waals surface area contributed by atoms with Crippen LogP contribution in [0.3, 0.4) is 0 Å². The third kappa shape index (κ3) is 4.51. The van der Waals surface area contributed by atoms with Gasteiger partial charge in [0.05, 0.1) is 0 Å². The first-order valence-electron chi connectivity index (χ1n) is 4.95. The monoisotopic (exact) mass is 290 g/mol. The molecule has 0 aliphatic rings. The molecule has 0 amide bonds. The first kappa shape index (κ1) is 13.0. The van der Waals surface area contributed by atoms with Gasteiger partial charge in [0.25, 0.3) is 0 Å². The first-order chi connectivity index (χ1) is 7.13. The van der Waals surface area contributed by atoms with Gasteiger partial charge in [0, 0.05) is 28.6 Å². The molecule has 0 spiro atoms. The van der Waals surface area contributed by atoms with Crippen molar-refractivity contribution in [3.05, 3.63) is 33.3 Å². The van der Waals surface area contributed by atoms with Gasteiger partial charge < -0.3 is 10.6 Å². The van der Waals surface area contributed by atoms with Crippen LogP contribution in [0.25, 0.3) is 0 Å². The third-order valence-corrected chi connectivity index (χ3v) is 3.14. The predicted molar refractivity (Wildman–Crippen MR) is 69.4 cm³/mol. The van der Waals surface area contributed by atoms with Gasteiger partial charge in [0.2, 0.25) is 0 Å². The van der Waals surface area contributed by atoms with Crippen LogP contribution in [-0.2, 0) is 6.54 Å². The molecule has 0 radical (unpaired) electrons. The Morgan fingerprint density at radius 2 is 2.20 bits per heavy atom. The summed E-state index contributed by atoms with van der Waals surface area (Å²) < 4.78 is 1.05. The molecule has 15 heavy (non-hydrogen) atoms. The summed E-state index contributed by atoms with van der Waals surface area (Å²) in [6.45, 7) is 3.96. The summed E-state index contributed by atoms with van der Waals surface area (Å²) in [6.07, 6.45) is 0. The molecule has 0 aromatic heterocycles. The Kier molecular flexibility index (Phi) is 5.61. The van der Waals surface area contributed by atoms with Crippen molar-refractivity contribution in [1.82, 2.24) is 10.6 Å². The smallest absolute Gasteiger partial charge is 0.0417 e. The van der Waals surface area contributed by atoms with E-state index in [1.165, 1.54) is 5.56 Å². The van der Waals surface area contributed by atoms with E-state index in [-0.39, 0.29) is 0 Å². The van der Waals surface area contributed by atoms with E-state index < -0.39 is 0 Å². The van der Waals surface area contributed by atoms with Gasteiger partial charge in [-0.25, -0.2) is 0 Å². The zero-order valence-corrected chi connectivity index (χ0v) is 11.3. The minimum Gasteiger partial charge on any atom is -0.318 e. The largest absolute Gasteiger partial charge is 0.318 e. The molecule has 0 bridgehead atoms. The van der Waals surface area contributed by atoms with Crippen molar-refractivity contribution < 1.29 is 0 Å². The highest BCUT2D eigenvalue weighted by molar-refractivity contribution is 9.10. The standard InChI is InChI=1S/C11H16BrClN2/c1-8(6-14-2)15-7-9-3-4-10(13)5-11(9)12/h3-5,8,14-15H,6-7H2,1-2H3. The molecule has 1 aromatic carbocycles. The average molecular weight is 292 g/mol. The van der Waals surface area contributed by atoms with Crippen LogP contribution in [0.4, 0.5) is 0 Å². The Balaban J connectivity index is 2.50. The molecule has 0 aliphatic carbocycles. The molecule has 4 heteroatoms. The van der Waals surface area contributed by atoms with E-state index in [1.807, 2.05) is 25.2 Å². The highest BCUT2D eigenvalue weighted by Gasteiger charge is 2.03. The zero-order valence-electron chi connectivity index (χ0n) is 8.98. The van der Waals surface area contributed by atoms with Crippen molar-refractivity contribution in [2.45, 2.75) is 19.5 Å². The number of hydrogen-bond acceptors (Lipinski definition) is 2. The summed E-state index contributed by atoms with van der Waals surface area (Å²) in [7, 11) is 1.95. The van der Waals surface area contributed by atoms with E-state index in [0.717, 1.165) is 22.6 Å². The van der Waals surface area contributed by atoms with Crippen molar-refractivity contribution >= 4 is 27.5 Å². The lowest BCUT2D eigenvalue weighted by Gasteiger charge is -2.14. The fourth-order valence-corrected chi connectivity index (χ4v) is 2.15. The van der Waals surface area contributed by atoms with Gasteiger partial charge in [-0.1, -0.05) is 33.6 Å². The molecule has 2 N–H and O–H groups in total. The highest BCUT2D eigenvalue weighted by Crippen LogP contribution is 2.21. The number of halogens is 2. The normalized spacial score (nSPS) is 12.8.